The van der Waals surface area contributed by atoms with Crippen molar-refractivity contribution >= 4 is 5.97 Å². The number of carboxylic acid groups (broad SMARTS) is 1. The van der Waals surface area contributed by atoms with Gasteiger partial charge in [0.1, 0.15) is 0 Å². The van der Waals surface area contributed by atoms with Crippen molar-refractivity contribution in [2.24, 2.45) is 5.18 Å². The molecule has 0 saturated carbocycles. The number of carbonyl (C=O) groups is 1. The normalized spacial score (nSPS) is 15.8. The molecule has 2 atom stereocenters. The fourth-order valence-corrected chi connectivity index (χ4v) is 0.512. The van der Waals surface area contributed by atoms with E-state index in [4.69, 9.17) is 10.2 Å². The van der Waals surface area contributed by atoms with Crippen molar-refractivity contribution < 1.29 is 15.0 Å². The summed E-state index contributed by atoms with van der Waals surface area (Å²) in [5, 5.41) is 19.2. The Morgan fingerprint density at radius 2 is 2.20 bits per heavy atom. The second kappa shape index (κ2) is 3.94. The molecule has 0 radical (unpaired) electrons. The molecule has 0 heterocycles. The van der Waals surface area contributed by atoms with Gasteiger partial charge in [0.25, 0.3) is 0 Å². The minimum atomic E-state index is -1.32. The lowest BCUT2D eigenvalue weighted by Gasteiger charge is -2.04. The molecule has 10 heavy (non-hydrogen) atoms. The number of aliphatic hydroxyl groups is 1. The first-order valence-electron chi connectivity index (χ1n) is 2.81. The molecule has 1 unspecified atom stereocenters. The summed E-state index contributed by atoms with van der Waals surface area (Å²) in [5.74, 6) is -1.30. The van der Waals surface area contributed by atoms with Gasteiger partial charge in [-0.15, -0.1) is 4.91 Å². The van der Waals surface area contributed by atoms with E-state index in [2.05, 4.69) is 5.18 Å². The van der Waals surface area contributed by atoms with E-state index in [0.717, 1.165) is 0 Å². The zero-order valence-corrected chi connectivity index (χ0v) is 5.52. The average Bonchev–Trinajstić information content (AvgIpc) is 1.81. The lowest BCUT2D eigenvalue weighted by atomic mass is 10.1. The van der Waals surface area contributed by atoms with Crippen molar-refractivity contribution in [2.45, 2.75) is 25.5 Å². The van der Waals surface area contributed by atoms with Gasteiger partial charge in [-0.1, -0.05) is 5.18 Å². The van der Waals surface area contributed by atoms with Crippen LogP contribution in [0.3, 0.4) is 0 Å². The number of aliphatic carboxylic acids is 1. The van der Waals surface area contributed by atoms with Gasteiger partial charge < -0.3 is 10.2 Å². The van der Waals surface area contributed by atoms with Crippen molar-refractivity contribution in [1.82, 2.24) is 0 Å². The molecule has 0 aromatic rings. The molecule has 0 bridgehead atoms. The number of nitrogens with zero attached hydrogens (tertiary/aromatic N) is 1. The van der Waals surface area contributed by atoms with Gasteiger partial charge in [-0.05, 0) is 6.92 Å². The summed E-state index contributed by atoms with van der Waals surface area (Å²) in [6, 6.07) is -1.32. The van der Waals surface area contributed by atoms with Crippen molar-refractivity contribution in [1.29, 1.82) is 0 Å². The monoisotopic (exact) mass is 147 g/mol. The first kappa shape index (κ1) is 9.03. The Bertz CT molecular complexity index is 134. The van der Waals surface area contributed by atoms with Crippen molar-refractivity contribution in [3.8, 4) is 0 Å². The zero-order chi connectivity index (χ0) is 8.15. The molecule has 5 heteroatoms. The van der Waals surface area contributed by atoms with Crippen LogP contribution in [0.4, 0.5) is 0 Å². The van der Waals surface area contributed by atoms with Gasteiger partial charge in [0.2, 0.25) is 0 Å². The lowest BCUT2D eigenvalue weighted by molar-refractivity contribution is -0.139. The molecule has 58 valence electrons. The molecule has 0 aliphatic carbocycles. The summed E-state index contributed by atoms with van der Waals surface area (Å²) in [4.78, 5) is 19.8. The molecule has 0 saturated heterocycles. The number of rotatable bonds is 4. The van der Waals surface area contributed by atoms with Gasteiger partial charge in [0, 0.05) is 6.42 Å². The van der Waals surface area contributed by atoms with Crippen LogP contribution in [0, 0.1) is 4.91 Å². The Kier molecular flexibility index (Phi) is 3.56. The summed E-state index contributed by atoms with van der Waals surface area (Å²) in [6.07, 6.45) is -0.933. The highest BCUT2D eigenvalue weighted by atomic mass is 16.4. The first-order valence-corrected chi connectivity index (χ1v) is 2.81. The molecule has 0 aliphatic heterocycles. The number of nitroso groups, excluding NO2 is 1. The number of hydrogen-bond acceptors (Lipinski definition) is 4. The van der Waals surface area contributed by atoms with Gasteiger partial charge in [0.15, 0.2) is 6.04 Å². The molecule has 5 nitrogen and oxygen atoms in total. The minimum absolute atomic E-state index is 0.126. The Labute approximate surface area is 57.6 Å². The van der Waals surface area contributed by atoms with Crippen molar-refractivity contribution in [3.63, 3.8) is 0 Å². The van der Waals surface area contributed by atoms with Crippen LogP contribution in [-0.4, -0.2) is 28.3 Å². The van der Waals surface area contributed by atoms with E-state index in [1.807, 2.05) is 0 Å². The summed E-state index contributed by atoms with van der Waals surface area (Å²) < 4.78 is 0. The maximum atomic E-state index is 10.1. The van der Waals surface area contributed by atoms with Crippen LogP contribution in [0.25, 0.3) is 0 Å². The molecular formula is C5H9NO4. The van der Waals surface area contributed by atoms with Crippen LogP contribution in [0.1, 0.15) is 13.3 Å². The van der Waals surface area contributed by atoms with Crippen LogP contribution in [-0.2, 0) is 4.79 Å². The van der Waals surface area contributed by atoms with Gasteiger partial charge >= 0.3 is 5.97 Å². The Morgan fingerprint density at radius 1 is 1.70 bits per heavy atom. The average molecular weight is 147 g/mol. The SMILES string of the molecule is CC(O)C[C@@H](N=O)C(=O)O. The molecule has 0 amide bonds. The van der Waals surface area contributed by atoms with E-state index < -0.39 is 18.1 Å². The number of aliphatic hydroxyl groups excluding tert-OH is 1. The molecule has 2 N–H and O–H groups in total. The van der Waals surface area contributed by atoms with Gasteiger partial charge in [0.05, 0.1) is 6.10 Å². The quantitative estimate of drug-likeness (QED) is 0.547. The second-order valence-corrected chi connectivity index (χ2v) is 2.04. The maximum absolute atomic E-state index is 10.1. The maximum Gasteiger partial charge on any atom is 0.332 e. The van der Waals surface area contributed by atoms with E-state index in [-0.39, 0.29) is 6.42 Å². The highest BCUT2D eigenvalue weighted by Crippen LogP contribution is 2.01. The molecule has 0 spiro atoms. The smallest absolute Gasteiger partial charge is 0.332 e. The number of hydrogen-bond donors (Lipinski definition) is 2. The van der Waals surface area contributed by atoms with E-state index in [0.29, 0.717) is 0 Å². The fourth-order valence-electron chi connectivity index (χ4n) is 0.512. The largest absolute Gasteiger partial charge is 0.480 e. The third-order valence-electron chi connectivity index (χ3n) is 0.977. The fraction of sp³-hybridized carbons (Fsp3) is 0.800. The highest BCUT2D eigenvalue weighted by molar-refractivity contribution is 5.73. The molecule has 0 aromatic carbocycles. The summed E-state index contributed by atoms with van der Waals surface area (Å²) in [5.41, 5.74) is 0. The predicted molar refractivity (Wildman–Crippen MR) is 33.5 cm³/mol. The topological polar surface area (TPSA) is 87.0 Å². The van der Waals surface area contributed by atoms with Crippen molar-refractivity contribution in [2.75, 3.05) is 0 Å². The van der Waals surface area contributed by atoms with E-state index in [1.54, 1.807) is 0 Å². The van der Waals surface area contributed by atoms with Crippen LogP contribution < -0.4 is 0 Å². The Morgan fingerprint density at radius 3 is 2.30 bits per heavy atom. The molecule has 0 aliphatic rings. The van der Waals surface area contributed by atoms with Crippen LogP contribution in [0.5, 0.6) is 0 Å². The third-order valence-corrected chi connectivity index (χ3v) is 0.977. The lowest BCUT2D eigenvalue weighted by Crippen LogP contribution is -2.22. The summed E-state index contributed by atoms with van der Waals surface area (Å²) in [6.45, 7) is 1.40. The molecule has 0 aromatic heterocycles. The first-order chi connectivity index (χ1) is 4.57. The van der Waals surface area contributed by atoms with Gasteiger partial charge in [-0.25, -0.2) is 4.79 Å². The van der Waals surface area contributed by atoms with E-state index in [9.17, 15) is 9.70 Å². The van der Waals surface area contributed by atoms with Crippen LogP contribution >= 0.6 is 0 Å². The minimum Gasteiger partial charge on any atom is -0.480 e. The number of carboxylic acids is 1. The van der Waals surface area contributed by atoms with Gasteiger partial charge in [-0.3, -0.25) is 0 Å². The third kappa shape index (κ3) is 3.13. The molecule has 0 rings (SSSR count). The van der Waals surface area contributed by atoms with E-state index in [1.165, 1.54) is 6.92 Å². The van der Waals surface area contributed by atoms with Gasteiger partial charge in [-0.2, -0.15) is 0 Å². The van der Waals surface area contributed by atoms with Crippen LogP contribution in [0.2, 0.25) is 0 Å². The second-order valence-electron chi connectivity index (χ2n) is 2.04. The zero-order valence-electron chi connectivity index (χ0n) is 5.52. The standard InChI is InChI=1S/C5H9NO4/c1-3(7)2-4(6-10)5(8)9/h3-4,7H,2H2,1H3,(H,8,9)/t3?,4-/m1/s1. The van der Waals surface area contributed by atoms with E-state index >= 15 is 0 Å². The predicted octanol–water partition coefficient (Wildman–Crippen LogP) is -0.0231. The Balaban J connectivity index is 3.83. The summed E-state index contributed by atoms with van der Waals surface area (Å²) >= 11 is 0. The molecule has 0 fully saturated rings. The Hall–Kier alpha value is -0.970. The highest BCUT2D eigenvalue weighted by Gasteiger charge is 2.19. The summed E-state index contributed by atoms with van der Waals surface area (Å²) in [7, 11) is 0. The van der Waals surface area contributed by atoms with Crippen molar-refractivity contribution in [3.05, 3.63) is 4.91 Å². The molecular weight excluding hydrogens is 138 g/mol. The van der Waals surface area contributed by atoms with Crippen LogP contribution in [0.15, 0.2) is 5.18 Å².